The SMILES string of the molecule is OCc1c(O)ccc(Br)c1F. The second-order valence-corrected chi connectivity index (χ2v) is 2.87. The molecule has 1 aromatic rings. The predicted octanol–water partition coefficient (Wildman–Crippen LogP) is 1.79. The van der Waals surface area contributed by atoms with Gasteiger partial charge in [-0.1, -0.05) is 0 Å². The number of aliphatic hydroxyl groups excluding tert-OH is 1. The van der Waals surface area contributed by atoms with Gasteiger partial charge in [0.1, 0.15) is 11.6 Å². The molecule has 1 rings (SSSR count). The molecule has 0 saturated heterocycles. The Hall–Kier alpha value is -0.610. The first kappa shape index (κ1) is 8.49. The molecule has 0 unspecified atom stereocenters. The molecule has 2 nitrogen and oxygen atoms in total. The monoisotopic (exact) mass is 220 g/mol. The zero-order valence-corrected chi connectivity index (χ0v) is 7.10. The van der Waals surface area contributed by atoms with Crippen LogP contribution in [0.5, 0.6) is 5.75 Å². The summed E-state index contributed by atoms with van der Waals surface area (Å²) < 4.78 is 13.1. The molecule has 0 aromatic heterocycles. The van der Waals surface area contributed by atoms with E-state index in [1.165, 1.54) is 12.1 Å². The third kappa shape index (κ3) is 1.52. The largest absolute Gasteiger partial charge is 0.507 e. The summed E-state index contributed by atoms with van der Waals surface area (Å²) in [4.78, 5) is 0. The first-order valence-electron chi connectivity index (χ1n) is 2.93. The van der Waals surface area contributed by atoms with Crippen LogP contribution in [0.4, 0.5) is 4.39 Å². The minimum absolute atomic E-state index is 0.0839. The van der Waals surface area contributed by atoms with Gasteiger partial charge in [-0.15, -0.1) is 0 Å². The maximum Gasteiger partial charge on any atom is 0.146 e. The van der Waals surface area contributed by atoms with Crippen molar-refractivity contribution in [1.82, 2.24) is 0 Å². The lowest BCUT2D eigenvalue weighted by Gasteiger charge is -2.02. The summed E-state index contributed by atoms with van der Waals surface area (Å²) in [6.45, 7) is -0.503. The summed E-state index contributed by atoms with van der Waals surface area (Å²) >= 11 is 2.92. The van der Waals surface area contributed by atoms with Crippen molar-refractivity contribution in [3.63, 3.8) is 0 Å². The molecule has 2 N–H and O–H groups in total. The Kier molecular flexibility index (Phi) is 2.46. The van der Waals surface area contributed by atoms with Gasteiger partial charge in [0.25, 0.3) is 0 Å². The summed E-state index contributed by atoms with van der Waals surface area (Å²) in [5.41, 5.74) is -0.0839. The van der Waals surface area contributed by atoms with Crippen LogP contribution in [-0.4, -0.2) is 10.2 Å². The summed E-state index contributed by atoms with van der Waals surface area (Å²) in [5, 5.41) is 17.6. The topological polar surface area (TPSA) is 40.5 Å². The lowest BCUT2D eigenvalue weighted by molar-refractivity contribution is 0.268. The Labute approximate surface area is 71.4 Å². The smallest absolute Gasteiger partial charge is 0.146 e. The first-order valence-corrected chi connectivity index (χ1v) is 3.73. The van der Waals surface area contributed by atoms with E-state index >= 15 is 0 Å². The highest BCUT2D eigenvalue weighted by Crippen LogP contribution is 2.26. The van der Waals surface area contributed by atoms with Crippen molar-refractivity contribution in [2.45, 2.75) is 6.61 Å². The average Bonchev–Trinajstić information content (AvgIpc) is 1.99. The predicted molar refractivity (Wildman–Crippen MR) is 41.7 cm³/mol. The van der Waals surface area contributed by atoms with Crippen LogP contribution in [0.3, 0.4) is 0 Å². The van der Waals surface area contributed by atoms with Crippen molar-refractivity contribution in [1.29, 1.82) is 0 Å². The third-order valence-electron chi connectivity index (χ3n) is 1.33. The molecular formula is C7H6BrFO2. The Morgan fingerprint density at radius 3 is 2.55 bits per heavy atom. The Bertz CT molecular complexity index is 275. The Balaban J connectivity index is 3.29. The van der Waals surface area contributed by atoms with Crippen molar-refractivity contribution in [2.24, 2.45) is 0 Å². The van der Waals surface area contributed by atoms with E-state index in [9.17, 15) is 4.39 Å². The molecule has 0 saturated carbocycles. The van der Waals surface area contributed by atoms with Crippen molar-refractivity contribution in [3.8, 4) is 5.75 Å². The van der Waals surface area contributed by atoms with Gasteiger partial charge in [0, 0.05) is 0 Å². The maximum atomic E-state index is 12.9. The fourth-order valence-electron chi connectivity index (χ4n) is 0.733. The van der Waals surface area contributed by atoms with E-state index in [2.05, 4.69) is 15.9 Å². The van der Waals surface area contributed by atoms with Crippen molar-refractivity contribution in [2.75, 3.05) is 0 Å². The fraction of sp³-hybridized carbons (Fsp3) is 0.143. The minimum atomic E-state index is -0.618. The highest BCUT2D eigenvalue weighted by atomic mass is 79.9. The third-order valence-corrected chi connectivity index (χ3v) is 1.94. The van der Waals surface area contributed by atoms with Crippen molar-refractivity contribution < 1.29 is 14.6 Å². The molecule has 0 bridgehead atoms. The lowest BCUT2D eigenvalue weighted by atomic mass is 10.2. The van der Waals surface area contributed by atoms with Gasteiger partial charge in [-0.25, -0.2) is 4.39 Å². The quantitative estimate of drug-likeness (QED) is 0.758. The highest BCUT2D eigenvalue weighted by Gasteiger charge is 2.09. The maximum absolute atomic E-state index is 12.9. The standard InChI is InChI=1S/C7H6BrFO2/c8-5-1-2-6(11)4(3-10)7(5)9/h1-2,10-11H,3H2. The van der Waals surface area contributed by atoms with E-state index in [0.29, 0.717) is 0 Å². The molecule has 0 heterocycles. The molecule has 0 radical (unpaired) electrons. The normalized spacial score (nSPS) is 10.1. The van der Waals surface area contributed by atoms with Crippen molar-refractivity contribution >= 4 is 15.9 Å². The van der Waals surface area contributed by atoms with Gasteiger partial charge in [0.2, 0.25) is 0 Å². The molecule has 0 aliphatic heterocycles. The minimum Gasteiger partial charge on any atom is -0.507 e. The molecule has 4 heteroatoms. The Morgan fingerprint density at radius 2 is 2.09 bits per heavy atom. The van der Waals surface area contributed by atoms with Crippen LogP contribution in [0, 0.1) is 5.82 Å². The lowest BCUT2D eigenvalue weighted by Crippen LogP contribution is -1.91. The van der Waals surface area contributed by atoms with Crippen LogP contribution in [-0.2, 0) is 6.61 Å². The van der Waals surface area contributed by atoms with Gasteiger partial charge in [0.05, 0.1) is 16.6 Å². The van der Waals surface area contributed by atoms with Crippen LogP contribution in [0.1, 0.15) is 5.56 Å². The van der Waals surface area contributed by atoms with Crippen LogP contribution < -0.4 is 0 Å². The van der Waals surface area contributed by atoms with E-state index in [1.807, 2.05) is 0 Å². The van der Waals surface area contributed by atoms with Gasteiger partial charge in [0.15, 0.2) is 0 Å². The van der Waals surface area contributed by atoms with Gasteiger partial charge >= 0.3 is 0 Å². The second-order valence-electron chi connectivity index (χ2n) is 2.02. The molecule has 0 atom stereocenters. The number of aromatic hydroxyl groups is 1. The molecule has 1 aromatic carbocycles. The average molecular weight is 221 g/mol. The van der Waals surface area contributed by atoms with Gasteiger partial charge in [-0.3, -0.25) is 0 Å². The number of hydrogen-bond donors (Lipinski definition) is 2. The molecule has 0 spiro atoms. The first-order chi connectivity index (χ1) is 5.16. The molecule has 60 valence electrons. The summed E-state index contributed by atoms with van der Waals surface area (Å²) in [6.07, 6.45) is 0. The molecule has 0 aliphatic rings. The molecule has 0 aliphatic carbocycles. The van der Waals surface area contributed by atoms with Crippen LogP contribution >= 0.6 is 15.9 Å². The van der Waals surface area contributed by atoms with E-state index in [-0.39, 0.29) is 15.8 Å². The number of rotatable bonds is 1. The van der Waals surface area contributed by atoms with Crippen LogP contribution in [0.25, 0.3) is 0 Å². The van der Waals surface area contributed by atoms with Gasteiger partial charge in [-0.05, 0) is 28.1 Å². The summed E-state index contributed by atoms with van der Waals surface area (Å²) in [5.74, 6) is -0.847. The van der Waals surface area contributed by atoms with Gasteiger partial charge in [-0.2, -0.15) is 0 Å². The van der Waals surface area contributed by atoms with E-state index in [4.69, 9.17) is 10.2 Å². The molecule has 0 amide bonds. The van der Waals surface area contributed by atoms with E-state index < -0.39 is 12.4 Å². The number of halogens is 2. The highest BCUT2D eigenvalue weighted by molar-refractivity contribution is 9.10. The zero-order chi connectivity index (χ0) is 8.43. The molecular weight excluding hydrogens is 215 g/mol. The zero-order valence-electron chi connectivity index (χ0n) is 5.51. The van der Waals surface area contributed by atoms with Crippen LogP contribution in [0.2, 0.25) is 0 Å². The van der Waals surface area contributed by atoms with E-state index in [1.54, 1.807) is 0 Å². The van der Waals surface area contributed by atoms with Crippen molar-refractivity contribution in [3.05, 3.63) is 28.0 Å². The Morgan fingerprint density at radius 1 is 1.45 bits per heavy atom. The number of hydrogen-bond acceptors (Lipinski definition) is 2. The fourth-order valence-corrected chi connectivity index (χ4v) is 1.10. The number of benzene rings is 1. The van der Waals surface area contributed by atoms with Gasteiger partial charge < -0.3 is 10.2 Å². The van der Waals surface area contributed by atoms with Crippen LogP contribution in [0.15, 0.2) is 16.6 Å². The molecule has 0 fully saturated rings. The second kappa shape index (κ2) is 3.19. The number of aliphatic hydroxyl groups is 1. The summed E-state index contributed by atoms with van der Waals surface area (Å²) in [6, 6.07) is 2.70. The van der Waals surface area contributed by atoms with E-state index in [0.717, 1.165) is 0 Å². The summed E-state index contributed by atoms with van der Waals surface area (Å²) in [7, 11) is 0. The molecule has 11 heavy (non-hydrogen) atoms. The number of phenols is 1.